The summed E-state index contributed by atoms with van der Waals surface area (Å²) in [4.78, 5) is 41.5. The van der Waals surface area contributed by atoms with Crippen LogP contribution in [0.1, 0.15) is 31.8 Å². The number of hydrogen-bond acceptors (Lipinski definition) is 4. The zero-order valence-electron chi connectivity index (χ0n) is 20.1. The number of ketones is 1. The van der Waals surface area contributed by atoms with Crippen molar-refractivity contribution < 1.29 is 27.6 Å². The molecular formula is C28H20ClF3N4O3. The minimum absolute atomic E-state index is 0.0960. The molecule has 0 bridgehead atoms. The number of hydrogen-bond donors (Lipinski definition) is 3. The van der Waals surface area contributed by atoms with Gasteiger partial charge in [0, 0.05) is 47.0 Å². The molecule has 0 aliphatic carbocycles. The Morgan fingerprint density at radius 1 is 0.769 bits per heavy atom. The third-order valence-electron chi connectivity index (χ3n) is 5.46. The van der Waals surface area contributed by atoms with Gasteiger partial charge in [-0.25, -0.2) is 4.79 Å². The van der Waals surface area contributed by atoms with Gasteiger partial charge in [0.15, 0.2) is 5.78 Å². The summed E-state index contributed by atoms with van der Waals surface area (Å²) in [5.74, 6) is -0.565. The highest BCUT2D eigenvalue weighted by molar-refractivity contribution is 6.31. The van der Waals surface area contributed by atoms with Crippen LogP contribution >= 0.6 is 11.6 Å². The van der Waals surface area contributed by atoms with Crippen LogP contribution in [0.3, 0.4) is 0 Å². The summed E-state index contributed by atoms with van der Waals surface area (Å²) in [6.07, 6.45) is -1.25. The summed E-state index contributed by atoms with van der Waals surface area (Å²) >= 11 is 5.59. The molecule has 0 unspecified atom stereocenters. The van der Waals surface area contributed by atoms with E-state index in [4.69, 9.17) is 11.6 Å². The largest absolute Gasteiger partial charge is 0.417 e. The molecule has 0 saturated heterocycles. The van der Waals surface area contributed by atoms with Crippen LogP contribution < -0.4 is 16.0 Å². The molecule has 0 spiro atoms. The van der Waals surface area contributed by atoms with E-state index in [-0.39, 0.29) is 23.5 Å². The number of urea groups is 1. The van der Waals surface area contributed by atoms with Gasteiger partial charge in [-0.1, -0.05) is 29.8 Å². The number of anilines is 3. The molecule has 0 saturated carbocycles. The van der Waals surface area contributed by atoms with Crippen LogP contribution in [0.5, 0.6) is 0 Å². The van der Waals surface area contributed by atoms with Crippen molar-refractivity contribution in [3.63, 3.8) is 0 Å². The van der Waals surface area contributed by atoms with Crippen molar-refractivity contribution in [3.8, 4) is 0 Å². The molecule has 0 atom stereocenters. The predicted molar refractivity (Wildman–Crippen MR) is 142 cm³/mol. The lowest BCUT2D eigenvalue weighted by atomic mass is 10.0. The predicted octanol–water partition coefficient (Wildman–Crippen LogP) is 7.08. The molecule has 0 fully saturated rings. The van der Waals surface area contributed by atoms with Crippen LogP contribution in [0.4, 0.5) is 35.0 Å². The minimum atomic E-state index is -4.67. The van der Waals surface area contributed by atoms with Gasteiger partial charge in [-0.3, -0.25) is 14.6 Å². The monoisotopic (exact) mass is 552 g/mol. The third-order valence-corrected chi connectivity index (χ3v) is 5.79. The SMILES string of the molecule is O=C(Nc1ccc(C(=O)Nc2cccc(C(=O)Cc3cccnc3)c2)cc1)Nc1ccc(Cl)c(C(F)(F)F)c1. The van der Waals surface area contributed by atoms with Crippen molar-refractivity contribution in [1.82, 2.24) is 4.98 Å². The molecule has 3 amide bonds. The molecule has 11 heteroatoms. The number of nitrogens with one attached hydrogen (secondary N) is 3. The third kappa shape index (κ3) is 7.42. The summed E-state index contributed by atoms with van der Waals surface area (Å²) in [5.41, 5.74) is 1.06. The standard InChI is InChI=1S/C28H20ClF3N4O3/c29-24-11-10-22(15-23(24)28(30,31)32)36-27(39)35-20-8-6-18(7-9-20)26(38)34-21-5-1-4-19(14-21)25(37)13-17-3-2-12-33-16-17/h1-12,14-16H,13H2,(H,34,38)(H2,35,36,39). The highest BCUT2D eigenvalue weighted by Crippen LogP contribution is 2.36. The van der Waals surface area contributed by atoms with Gasteiger partial charge in [-0.15, -0.1) is 0 Å². The van der Waals surface area contributed by atoms with E-state index in [9.17, 15) is 27.6 Å². The van der Waals surface area contributed by atoms with Gasteiger partial charge in [0.05, 0.1) is 10.6 Å². The molecule has 1 heterocycles. The average molecular weight is 553 g/mol. The second-order valence-electron chi connectivity index (χ2n) is 8.35. The molecule has 39 heavy (non-hydrogen) atoms. The number of Topliss-reactive ketones (excluding diaryl/α,β-unsaturated/α-hetero) is 1. The maximum absolute atomic E-state index is 13.0. The lowest BCUT2D eigenvalue weighted by Gasteiger charge is -2.12. The van der Waals surface area contributed by atoms with E-state index in [1.165, 1.54) is 30.3 Å². The second kappa shape index (κ2) is 11.8. The Balaban J connectivity index is 1.35. The van der Waals surface area contributed by atoms with Crippen LogP contribution in [0, 0.1) is 0 Å². The van der Waals surface area contributed by atoms with E-state index >= 15 is 0 Å². The fourth-order valence-corrected chi connectivity index (χ4v) is 3.81. The number of aromatic nitrogens is 1. The number of amides is 3. The molecule has 3 aromatic carbocycles. The first kappa shape index (κ1) is 27.3. The molecule has 198 valence electrons. The first-order valence-corrected chi connectivity index (χ1v) is 11.8. The molecule has 0 aliphatic rings. The molecular weight excluding hydrogens is 533 g/mol. The van der Waals surface area contributed by atoms with Gasteiger partial charge < -0.3 is 16.0 Å². The summed E-state index contributed by atoms with van der Waals surface area (Å²) in [6.45, 7) is 0. The molecule has 4 aromatic rings. The number of carbonyl (C=O) groups is 3. The van der Waals surface area contributed by atoms with Gasteiger partial charge in [0.25, 0.3) is 5.91 Å². The fraction of sp³-hybridized carbons (Fsp3) is 0.0714. The first-order valence-electron chi connectivity index (χ1n) is 11.5. The number of carbonyl (C=O) groups excluding carboxylic acids is 3. The maximum Gasteiger partial charge on any atom is 0.417 e. The Hall–Kier alpha value is -4.70. The molecule has 3 N–H and O–H groups in total. The Bertz CT molecular complexity index is 1510. The summed E-state index contributed by atoms with van der Waals surface area (Å²) in [7, 11) is 0. The molecule has 0 radical (unpaired) electrons. The molecule has 1 aromatic heterocycles. The van der Waals surface area contributed by atoms with E-state index in [2.05, 4.69) is 20.9 Å². The maximum atomic E-state index is 13.0. The van der Waals surface area contributed by atoms with Gasteiger partial charge >= 0.3 is 12.2 Å². The summed E-state index contributed by atoms with van der Waals surface area (Å²) in [6, 6.07) is 18.2. The Kier molecular flexibility index (Phi) is 8.26. The first-order chi connectivity index (χ1) is 18.6. The quantitative estimate of drug-likeness (QED) is 0.213. The van der Waals surface area contributed by atoms with E-state index in [1.54, 1.807) is 48.8 Å². The van der Waals surface area contributed by atoms with Crippen molar-refractivity contribution in [2.24, 2.45) is 0 Å². The summed E-state index contributed by atoms with van der Waals surface area (Å²) < 4.78 is 39.1. The number of pyridine rings is 1. The lowest BCUT2D eigenvalue weighted by Crippen LogP contribution is -2.20. The van der Waals surface area contributed by atoms with E-state index in [1.807, 2.05) is 0 Å². The van der Waals surface area contributed by atoms with Crippen molar-refractivity contribution in [2.45, 2.75) is 12.6 Å². The Labute approximate surface area is 226 Å². The van der Waals surface area contributed by atoms with Crippen molar-refractivity contribution in [3.05, 3.63) is 119 Å². The van der Waals surface area contributed by atoms with Crippen LogP contribution in [0.2, 0.25) is 5.02 Å². The van der Waals surface area contributed by atoms with E-state index in [0.29, 0.717) is 16.9 Å². The van der Waals surface area contributed by atoms with Crippen molar-refractivity contribution in [2.75, 3.05) is 16.0 Å². The van der Waals surface area contributed by atoms with Gasteiger partial charge in [0.2, 0.25) is 0 Å². The Morgan fingerprint density at radius 3 is 2.15 bits per heavy atom. The number of alkyl halides is 3. The zero-order chi connectivity index (χ0) is 28.0. The lowest BCUT2D eigenvalue weighted by molar-refractivity contribution is -0.137. The average Bonchev–Trinajstić information content (AvgIpc) is 2.90. The topological polar surface area (TPSA) is 100 Å². The highest BCUT2D eigenvalue weighted by Gasteiger charge is 2.33. The fourth-order valence-electron chi connectivity index (χ4n) is 3.58. The van der Waals surface area contributed by atoms with Gasteiger partial charge in [-0.05, 0) is 66.2 Å². The molecule has 0 aliphatic heterocycles. The van der Waals surface area contributed by atoms with Crippen LogP contribution in [-0.2, 0) is 12.6 Å². The van der Waals surface area contributed by atoms with Crippen LogP contribution in [0.25, 0.3) is 0 Å². The molecule has 7 nitrogen and oxygen atoms in total. The minimum Gasteiger partial charge on any atom is -0.322 e. The number of halogens is 4. The van der Waals surface area contributed by atoms with E-state index < -0.39 is 28.7 Å². The number of rotatable bonds is 7. The highest BCUT2D eigenvalue weighted by atomic mass is 35.5. The van der Waals surface area contributed by atoms with E-state index in [0.717, 1.165) is 17.7 Å². The number of benzene rings is 3. The van der Waals surface area contributed by atoms with Gasteiger partial charge in [0.1, 0.15) is 0 Å². The van der Waals surface area contributed by atoms with Crippen molar-refractivity contribution >= 4 is 46.4 Å². The smallest absolute Gasteiger partial charge is 0.322 e. The van der Waals surface area contributed by atoms with Gasteiger partial charge in [-0.2, -0.15) is 13.2 Å². The van der Waals surface area contributed by atoms with Crippen LogP contribution in [0.15, 0.2) is 91.3 Å². The van der Waals surface area contributed by atoms with Crippen molar-refractivity contribution in [1.29, 1.82) is 0 Å². The normalized spacial score (nSPS) is 11.0. The summed E-state index contributed by atoms with van der Waals surface area (Å²) in [5, 5.41) is 7.04. The van der Waals surface area contributed by atoms with Crippen LogP contribution in [-0.4, -0.2) is 22.7 Å². The second-order valence-corrected chi connectivity index (χ2v) is 8.75. The number of nitrogens with zero attached hydrogens (tertiary/aromatic N) is 1. The molecule has 4 rings (SSSR count). The zero-order valence-corrected chi connectivity index (χ0v) is 20.8. The Morgan fingerprint density at radius 2 is 1.46 bits per heavy atom.